The Morgan fingerprint density at radius 2 is 2.04 bits per heavy atom. The van der Waals surface area contributed by atoms with Gasteiger partial charge in [0.1, 0.15) is 11.4 Å². The zero-order valence-corrected chi connectivity index (χ0v) is 14.4. The van der Waals surface area contributed by atoms with Gasteiger partial charge in [-0.2, -0.15) is 4.98 Å². The summed E-state index contributed by atoms with van der Waals surface area (Å²) >= 11 is 0. The fourth-order valence-electron chi connectivity index (χ4n) is 2.67. The molecule has 0 saturated heterocycles. The molecule has 1 aromatic rings. The van der Waals surface area contributed by atoms with Crippen molar-refractivity contribution < 1.29 is 20.1 Å². The van der Waals surface area contributed by atoms with Crippen LogP contribution >= 0.6 is 0 Å². The Morgan fingerprint density at radius 3 is 2.68 bits per heavy atom. The second-order valence-electron chi connectivity index (χ2n) is 6.31. The molecule has 9 nitrogen and oxygen atoms in total. The van der Waals surface area contributed by atoms with E-state index in [0.29, 0.717) is 30.2 Å². The molecule has 0 aliphatic heterocycles. The van der Waals surface area contributed by atoms with Crippen LogP contribution in [0.15, 0.2) is 6.20 Å². The van der Waals surface area contributed by atoms with E-state index in [0.717, 1.165) is 12.8 Å². The zero-order valence-electron chi connectivity index (χ0n) is 14.4. The van der Waals surface area contributed by atoms with Gasteiger partial charge in [-0.1, -0.05) is 0 Å². The molecule has 1 aromatic heterocycles. The van der Waals surface area contributed by atoms with Gasteiger partial charge < -0.3 is 31.3 Å². The van der Waals surface area contributed by atoms with Gasteiger partial charge in [-0.15, -0.1) is 0 Å². The number of hydrogen-bond acceptors (Lipinski definition) is 8. The third kappa shape index (κ3) is 5.80. The first kappa shape index (κ1) is 19.4. The Bertz CT molecular complexity index is 563. The molecule has 0 aromatic carbocycles. The lowest BCUT2D eigenvalue weighted by molar-refractivity contribution is 0.0944. The van der Waals surface area contributed by atoms with Gasteiger partial charge in [0.15, 0.2) is 0 Å². The molecule has 1 heterocycles. The van der Waals surface area contributed by atoms with Crippen LogP contribution in [0, 0.1) is 0 Å². The Balaban J connectivity index is 2.17. The molecule has 1 aliphatic carbocycles. The van der Waals surface area contributed by atoms with E-state index < -0.39 is 0 Å². The van der Waals surface area contributed by atoms with Crippen LogP contribution in [0.2, 0.25) is 0 Å². The van der Waals surface area contributed by atoms with Crippen LogP contribution in [0.1, 0.15) is 43.0 Å². The summed E-state index contributed by atoms with van der Waals surface area (Å²) in [4.78, 5) is 20.8. The zero-order chi connectivity index (χ0) is 18.2. The fourth-order valence-corrected chi connectivity index (χ4v) is 2.67. The topological polar surface area (TPSA) is 140 Å². The highest BCUT2D eigenvalue weighted by molar-refractivity contribution is 5.98. The Labute approximate surface area is 146 Å². The predicted molar refractivity (Wildman–Crippen MR) is 93.5 cm³/mol. The summed E-state index contributed by atoms with van der Waals surface area (Å²) in [7, 11) is 0. The van der Waals surface area contributed by atoms with Crippen LogP contribution in [0.5, 0.6) is 0 Å². The second-order valence-corrected chi connectivity index (χ2v) is 6.31. The number of aromatic nitrogens is 2. The summed E-state index contributed by atoms with van der Waals surface area (Å²) < 4.78 is 0. The maximum absolute atomic E-state index is 12.3. The molecule has 6 N–H and O–H groups in total. The normalized spacial score (nSPS) is 21.4. The molecule has 140 valence electrons. The SMILES string of the molecule is C[C@@H](CO)Nc1ncc(C(=O)NCCO)c(NC2CCC(O)CC2)n1. The molecule has 0 spiro atoms. The number of aliphatic hydroxyl groups excluding tert-OH is 3. The van der Waals surface area contributed by atoms with E-state index in [4.69, 9.17) is 10.2 Å². The van der Waals surface area contributed by atoms with E-state index in [1.54, 1.807) is 6.92 Å². The van der Waals surface area contributed by atoms with Gasteiger partial charge in [0, 0.05) is 24.8 Å². The minimum absolute atomic E-state index is 0.0641. The number of carbonyl (C=O) groups is 1. The highest BCUT2D eigenvalue weighted by Crippen LogP contribution is 2.23. The van der Waals surface area contributed by atoms with Crippen molar-refractivity contribution in [2.75, 3.05) is 30.4 Å². The summed E-state index contributed by atoms with van der Waals surface area (Å²) in [6.45, 7) is 1.73. The highest BCUT2D eigenvalue weighted by atomic mass is 16.3. The van der Waals surface area contributed by atoms with Crippen LogP contribution in [-0.4, -0.2) is 69.1 Å². The van der Waals surface area contributed by atoms with Crippen LogP contribution in [0.3, 0.4) is 0 Å². The predicted octanol–water partition coefficient (Wildman–Crippen LogP) is -0.293. The van der Waals surface area contributed by atoms with Gasteiger partial charge in [0.05, 0.1) is 19.3 Å². The van der Waals surface area contributed by atoms with Gasteiger partial charge in [0.2, 0.25) is 5.95 Å². The number of rotatable bonds is 8. The van der Waals surface area contributed by atoms with E-state index in [-0.39, 0.29) is 43.9 Å². The molecule has 1 saturated carbocycles. The van der Waals surface area contributed by atoms with E-state index >= 15 is 0 Å². The third-order valence-electron chi connectivity index (χ3n) is 4.12. The van der Waals surface area contributed by atoms with Crippen molar-refractivity contribution in [3.63, 3.8) is 0 Å². The average Bonchev–Trinajstić information content (AvgIpc) is 2.61. The van der Waals surface area contributed by atoms with E-state index in [2.05, 4.69) is 25.9 Å². The van der Waals surface area contributed by atoms with Gasteiger partial charge >= 0.3 is 0 Å². The number of aliphatic hydroxyl groups is 3. The highest BCUT2D eigenvalue weighted by Gasteiger charge is 2.22. The summed E-state index contributed by atoms with van der Waals surface area (Å²) in [5.41, 5.74) is 0.293. The van der Waals surface area contributed by atoms with Crippen LogP contribution in [0.4, 0.5) is 11.8 Å². The third-order valence-corrected chi connectivity index (χ3v) is 4.12. The first-order valence-electron chi connectivity index (χ1n) is 8.61. The number of nitrogens with one attached hydrogen (secondary N) is 3. The molecular weight excluding hydrogens is 326 g/mol. The summed E-state index contributed by atoms with van der Waals surface area (Å²) in [5.74, 6) is 0.354. The Hall–Kier alpha value is -1.97. The maximum Gasteiger partial charge on any atom is 0.256 e. The monoisotopic (exact) mass is 353 g/mol. The molecule has 0 unspecified atom stereocenters. The van der Waals surface area contributed by atoms with Crippen molar-refractivity contribution in [2.24, 2.45) is 0 Å². The van der Waals surface area contributed by atoms with Gasteiger partial charge in [-0.3, -0.25) is 4.79 Å². The van der Waals surface area contributed by atoms with Crippen molar-refractivity contribution in [1.29, 1.82) is 0 Å². The van der Waals surface area contributed by atoms with Crippen molar-refractivity contribution in [2.45, 2.75) is 50.8 Å². The largest absolute Gasteiger partial charge is 0.395 e. The fraction of sp³-hybridized carbons (Fsp3) is 0.688. The first-order chi connectivity index (χ1) is 12.0. The van der Waals surface area contributed by atoms with Crippen LogP contribution in [-0.2, 0) is 0 Å². The molecule has 1 atom stereocenters. The lowest BCUT2D eigenvalue weighted by Gasteiger charge is -2.27. The van der Waals surface area contributed by atoms with E-state index in [1.165, 1.54) is 6.20 Å². The number of hydrogen-bond donors (Lipinski definition) is 6. The minimum atomic E-state index is -0.367. The van der Waals surface area contributed by atoms with Crippen molar-refractivity contribution in [1.82, 2.24) is 15.3 Å². The van der Waals surface area contributed by atoms with Crippen molar-refractivity contribution in [3.05, 3.63) is 11.8 Å². The Kier molecular flexibility index (Phi) is 7.35. The number of anilines is 2. The lowest BCUT2D eigenvalue weighted by Crippen LogP contribution is -2.32. The number of nitrogens with zero attached hydrogens (tertiary/aromatic N) is 2. The molecule has 25 heavy (non-hydrogen) atoms. The molecule has 1 amide bonds. The van der Waals surface area contributed by atoms with Gasteiger partial charge in [0.25, 0.3) is 5.91 Å². The van der Waals surface area contributed by atoms with E-state index in [1.807, 2.05) is 0 Å². The maximum atomic E-state index is 12.3. The smallest absolute Gasteiger partial charge is 0.256 e. The molecule has 1 aliphatic rings. The Morgan fingerprint density at radius 1 is 1.32 bits per heavy atom. The average molecular weight is 353 g/mol. The molecule has 0 radical (unpaired) electrons. The molecule has 2 rings (SSSR count). The van der Waals surface area contributed by atoms with Crippen LogP contribution in [0.25, 0.3) is 0 Å². The van der Waals surface area contributed by atoms with Gasteiger partial charge in [-0.25, -0.2) is 4.98 Å². The number of amides is 1. The summed E-state index contributed by atoms with van der Waals surface area (Å²) in [6.07, 6.45) is 4.16. The minimum Gasteiger partial charge on any atom is -0.395 e. The second kappa shape index (κ2) is 9.50. The lowest BCUT2D eigenvalue weighted by atomic mass is 9.93. The number of carbonyl (C=O) groups excluding carboxylic acids is 1. The van der Waals surface area contributed by atoms with Crippen molar-refractivity contribution in [3.8, 4) is 0 Å². The summed E-state index contributed by atoms with van der Waals surface area (Å²) in [5, 5.41) is 36.5. The van der Waals surface area contributed by atoms with Crippen molar-refractivity contribution >= 4 is 17.7 Å². The van der Waals surface area contributed by atoms with Gasteiger partial charge in [-0.05, 0) is 32.6 Å². The van der Waals surface area contributed by atoms with E-state index in [9.17, 15) is 9.90 Å². The first-order valence-corrected chi connectivity index (χ1v) is 8.61. The quantitative estimate of drug-likeness (QED) is 0.375. The molecular formula is C16H27N5O4. The standard InChI is InChI=1S/C16H27N5O4/c1-10(9-23)19-16-18-8-13(15(25)17-6-7-22)14(21-16)20-11-2-4-12(24)5-3-11/h8,10-12,22-24H,2-7,9H2,1H3,(H,17,25)(H2,18,19,20,21)/t10-,11?,12?/m0/s1. The molecule has 9 heteroatoms. The van der Waals surface area contributed by atoms with Crippen LogP contribution < -0.4 is 16.0 Å². The molecule has 0 bridgehead atoms. The molecule has 1 fully saturated rings. The summed E-state index contributed by atoms with van der Waals surface area (Å²) in [6, 6.07) is -0.0995.